The van der Waals surface area contributed by atoms with E-state index in [0.29, 0.717) is 0 Å². The third-order valence-electron chi connectivity index (χ3n) is 3.69. The van der Waals surface area contributed by atoms with Gasteiger partial charge in [0.15, 0.2) is 0 Å². The maximum Gasteiger partial charge on any atom is 0.279 e. The average Bonchev–Trinajstić information content (AvgIpc) is 2.46. The van der Waals surface area contributed by atoms with Crippen LogP contribution in [0.1, 0.15) is 25.5 Å². The summed E-state index contributed by atoms with van der Waals surface area (Å²) in [5.41, 5.74) is 0.949. The van der Waals surface area contributed by atoms with E-state index in [2.05, 4.69) is 4.72 Å². The molecule has 0 aliphatic carbocycles. The van der Waals surface area contributed by atoms with Gasteiger partial charge in [-0.1, -0.05) is 18.2 Å². The first-order valence-electron chi connectivity index (χ1n) is 7.22. The monoisotopic (exact) mass is 329 g/mol. The highest BCUT2D eigenvalue weighted by Crippen LogP contribution is 2.27. The van der Waals surface area contributed by atoms with Crippen LogP contribution in [0.25, 0.3) is 0 Å². The van der Waals surface area contributed by atoms with Gasteiger partial charge in [-0.05, 0) is 34.0 Å². The minimum absolute atomic E-state index is 0.0958. The smallest absolute Gasteiger partial charge is 0.279 e. The van der Waals surface area contributed by atoms with Crippen LogP contribution in [-0.4, -0.2) is 58.5 Å². The Hall–Kier alpha value is -1.15. The van der Waals surface area contributed by atoms with Gasteiger partial charge in [0.05, 0.1) is 13.2 Å². The van der Waals surface area contributed by atoms with Crippen molar-refractivity contribution < 1.29 is 13.2 Å². The van der Waals surface area contributed by atoms with Crippen molar-refractivity contribution in [1.29, 1.82) is 0 Å². The van der Waals surface area contributed by atoms with Gasteiger partial charge < -0.3 is 9.64 Å². The van der Waals surface area contributed by atoms with Crippen molar-refractivity contribution in [3.8, 4) is 5.75 Å². The Morgan fingerprint density at radius 1 is 1.18 bits per heavy atom. The number of hydrogen-bond donors (Lipinski definition) is 1. The van der Waals surface area contributed by atoms with Crippen molar-refractivity contribution in [3.63, 3.8) is 0 Å². The maximum atomic E-state index is 12.2. The summed E-state index contributed by atoms with van der Waals surface area (Å²) in [6, 6.07) is 7.42. The van der Waals surface area contributed by atoms with Gasteiger partial charge >= 0.3 is 0 Å². The lowest BCUT2D eigenvalue weighted by atomic mass is 10.1. The second-order valence-electron chi connectivity index (χ2n) is 5.68. The van der Waals surface area contributed by atoms with Crippen molar-refractivity contribution in [1.82, 2.24) is 13.9 Å². The summed E-state index contributed by atoms with van der Waals surface area (Å²) in [4.78, 5) is 1.97. The Labute approximate surface area is 134 Å². The number of ether oxygens (including phenoxy) is 1. The zero-order valence-electron chi connectivity index (χ0n) is 14.2. The van der Waals surface area contributed by atoms with Crippen molar-refractivity contribution >= 4 is 10.2 Å². The molecule has 1 rings (SSSR count). The van der Waals surface area contributed by atoms with E-state index in [-0.39, 0.29) is 18.6 Å². The number of nitrogens with one attached hydrogen (secondary N) is 1. The van der Waals surface area contributed by atoms with E-state index < -0.39 is 10.2 Å². The number of rotatable bonds is 8. The normalized spacial score (nSPS) is 13.9. The summed E-state index contributed by atoms with van der Waals surface area (Å²) in [6.45, 7) is 3.94. The molecule has 0 bridgehead atoms. The van der Waals surface area contributed by atoms with E-state index in [1.54, 1.807) is 14.2 Å². The molecule has 0 radical (unpaired) electrons. The first-order valence-corrected chi connectivity index (χ1v) is 8.66. The van der Waals surface area contributed by atoms with Crippen molar-refractivity contribution in [2.45, 2.75) is 25.9 Å². The summed E-state index contributed by atoms with van der Waals surface area (Å²) in [6.07, 6.45) is 0. The second kappa shape index (κ2) is 7.92. The Morgan fingerprint density at radius 3 is 2.27 bits per heavy atom. The van der Waals surface area contributed by atoms with Crippen molar-refractivity contribution in [2.24, 2.45) is 0 Å². The Morgan fingerprint density at radius 2 is 1.77 bits per heavy atom. The predicted octanol–water partition coefficient (Wildman–Crippen LogP) is 1.47. The second-order valence-corrected chi connectivity index (χ2v) is 7.50. The zero-order valence-corrected chi connectivity index (χ0v) is 15.0. The molecule has 0 fully saturated rings. The van der Waals surface area contributed by atoms with Gasteiger partial charge in [0.1, 0.15) is 5.75 Å². The molecular weight excluding hydrogens is 302 g/mol. The third-order valence-corrected chi connectivity index (χ3v) is 5.40. The molecule has 0 heterocycles. The lowest BCUT2D eigenvalue weighted by Gasteiger charge is -2.28. The maximum absolute atomic E-state index is 12.2. The summed E-state index contributed by atoms with van der Waals surface area (Å²) < 4.78 is 33.9. The fourth-order valence-corrected chi connectivity index (χ4v) is 3.20. The van der Waals surface area contributed by atoms with Gasteiger partial charge in [0.25, 0.3) is 10.2 Å². The Bertz CT molecular complexity index is 573. The largest absolute Gasteiger partial charge is 0.496 e. The van der Waals surface area contributed by atoms with Crippen LogP contribution in [-0.2, 0) is 10.2 Å². The lowest BCUT2D eigenvalue weighted by Crippen LogP contribution is -2.44. The van der Waals surface area contributed by atoms with Gasteiger partial charge in [-0.2, -0.15) is 12.7 Å². The first-order chi connectivity index (χ1) is 10.2. The molecule has 0 spiro atoms. The van der Waals surface area contributed by atoms with Crippen molar-refractivity contribution in [3.05, 3.63) is 29.8 Å². The zero-order chi connectivity index (χ0) is 16.9. The SMILES string of the molecule is COc1ccccc1C(CNS(=O)(=O)N(C)C(C)C)N(C)C. The molecule has 126 valence electrons. The predicted molar refractivity (Wildman–Crippen MR) is 89.2 cm³/mol. The molecule has 1 N–H and O–H groups in total. The minimum Gasteiger partial charge on any atom is -0.496 e. The molecule has 0 aliphatic rings. The average molecular weight is 329 g/mol. The number of hydrogen-bond acceptors (Lipinski definition) is 4. The van der Waals surface area contributed by atoms with Crippen LogP contribution in [0.4, 0.5) is 0 Å². The third kappa shape index (κ3) is 4.67. The molecular formula is C15H27N3O3S. The Balaban J connectivity index is 2.95. The molecule has 1 aromatic carbocycles. The number of likely N-dealkylation sites (N-methyl/N-ethyl adjacent to an activating group) is 1. The lowest BCUT2D eigenvalue weighted by molar-refractivity contribution is 0.286. The van der Waals surface area contributed by atoms with Crippen LogP contribution < -0.4 is 9.46 Å². The summed E-state index contributed by atoms with van der Waals surface area (Å²) in [5.74, 6) is 0.748. The van der Waals surface area contributed by atoms with Crippen LogP contribution in [0.15, 0.2) is 24.3 Å². The van der Waals surface area contributed by atoms with Crippen LogP contribution >= 0.6 is 0 Å². The van der Waals surface area contributed by atoms with Crippen LogP contribution in [0, 0.1) is 0 Å². The van der Waals surface area contributed by atoms with E-state index in [4.69, 9.17) is 4.74 Å². The van der Waals surface area contributed by atoms with Crippen molar-refractivity contribution in [2.75, 3.05) is 34.8 Å². The Kier molecular flexibility index (Phi) is 6.80. The van der Waals surface area contributed by atoms with E-state index in [1.807, 2.05) is 57.1 Å². The molecule has 1 atom stereocenters. The highest BCUT2D eigenvalue weighted by molar-refractivity contribution is 7.87. The molecule has 1 unspecified atom stereocenters. The summed E-state index contributed by atoms with van der Waals surface area (Å²) >= 11 is 0. The molecule has 0 aromatic heterocycles. The fourth-order valence-electron chi connectivity index (χ4n) is 2.08. The summed E-state index contributed by atoms with van der Waals surface area (Å²) in [5, 5.41) is 0. The number of methoxy groups -OCH3 is 1. The minimum atomic E-state index is -3.50. The molecule has 0 saturated heterocycles. The van der Waals surface area contributed by atoms with Gasteiger partial charge in [0.2, 0.25) is 0 Å². The fraction of sp³-hybridized carbons (Fsp3) is 0.600. The molecule has 6 nitrogen and oxygen atoms in total. The molecule has 0 saturated carbocycles. The number of para-hydroxylation sites is 1. The van der Waals surface area contributed by atoms with Gasteiger partial charge in [0, 0.05) is 25.2 Å². The summed E-state index contributed by atoms with van der Waals surface area (Å²) in [7, 11) is 3.51. The molecule has 22 heavy (non-hydrogen) atoms. The topological polar surface area (TPSA) is 61.9 Å². The highest BCUT2D eigenvalue weighted by atomic mass is 32.2. The van der Waals surface area contributed by atoms with Gasteiger partial charge in [-0.3, -0.25) is 0 Å². The van der Waals surface area contributed by atoms with Gasteiger partial charge in [-0.25, -0.2) is 4.72 Å². The number of nitrogens with zero attached hydrogens (tertiary/aromatic N) is 2. The molecule has 0 aliphatic heterocycles. The quantitative estimate of drug-likeness (QED) is 0.784. The van der Waals surface area contributed by atoms with Crippen LogP contribution in [0.5, 0.6) is 5.75 Å². The molecule has 0 amide bonds. The first kappa shape index (κ1) is 18.9. The van der Waals surface area contributed by atoms with E-state index in [0.717, 1.165) is 11.3 Å². The van der Waals surface area contributed by atoms with E-state index in [9.17, 15) is 8.42 Å². The standard InChI is InChI=1S/C15H27N3O3S/c1-12(2)18(5)22(19,20)16-11-14(17(3)4)13-9-7-8-10-15(13)21-6/h7-10,12,14,16H,11H2,1-6H3. The van der Waals surface area contributed by atoms with E-state index in [1.165, 1.54) is 4.31 Å². The molecule has 7 heteroatoms. The van der Waals surface area contributed by atoms with Gasteiger partial charge in [-0.15, -0.1) is 0 Å². The molecule has 1 aromatic rings. The van der Waals surface area contributed by atoms with Crippen LogP contribution in [0.3, 0.4) is 0 Å². The highest BCUT2D eigenvalue weighted by Gasteiger charge is 2.24. The van der Waals surface area contributed by atoms with Crippen LogP contribution in [0.2, 0.25) is 0 Å². The van der Waals surface area contributed by atoms with E-state index >= 15 is 0 Å². The number of benzene rings is 1.